The third-order valence-corrected chi connectivity index (χ3v) is 5.88. The number of nitrogens with zero attached hydrogens (tertiary/aromatic N) is 2. The van der Waals surface area contributed by atoms with Crippen molar-refractivity contribution in [3.63, 3.8) is 0 Å². The molecule has 0 bridgehead atoms. The molecule has 3 aromatic carbocycles. The van der Waals surface area contributed by atoms with Crippen LogP contribution in [0.5, 0.6) is 11.5 Å². The molecule has 0 aromatic heterocycles. The zero-order chi connectivity index (χ0) is 26.1. The van der Waals surface area contributed by atoms with Gasteiger partial charge in [-0.25, -0.2) is 22.0 Å². The third-order valence-electron chi connectivity index (χ3n) is 5.26. The maximum Gasteiger partial charge on any atom is 0.280 e. The number of hydrogen-bond acceptors (Lipinski definition) is 4. The van der Waals surface area contributed by atoms with Gasteiger partial charge in [0.2, 0.25) is 5.82 Å². The van der Waals surface area contributed by atoms with E-state index >= 15 is 0 Å². The molecule has 186 valence electrons. The van der Waals surface area contributed by atoms with Gasteiger partial charge in [-0.1, -0.05) is 30.3 Å². The van der Waals surface area contributed by atoms with Crippen molar-refractivity contribution in [1.82, 2.24) is 0 Å². The van der Waals surface area contributed by atoms with Crippen molar-refractivity contribution in [1.29, 1.82) is 0 Å². The number of hydrogen-bond donors (Lipinski definition) is 0. The lowest BCUT2D eigenvalue weighted by Crippen LogP contribution is -2.25. The van der Waals surface area contributed by atoms with Crippen molar-refractivity contribution in [2.75, 3.05) is 12.1 Å². The number of rotatable bonds is 6. The fourth-order valence-corrected chi connectivity index (χ4v) is 4.12. The van der Waals surface area contributed by atoms with Gasteiger partial charge in [0.25, 0.3) is 5.91 Å². The first-order valence-electron chi connectivity index (χ1n) is 10.3. The Morgan fingerprint density at radius 2 is 1.58 bits per heavy atom. The number of carbonyl (C=O) groups is 1. The van der Waals surface area contributed by atoms with Gasteiger partial charge in [-0.2, -0.15) is 10.1 Å². The molecule has 0 saturated carbocycles. The van der Waals surface area contributed by atoms with Crippen molar-refractivity contribution in [3.8, 4) is 11.5 Å². The van der Waals surface area contributed by atoms with Crippen LogP contribution >= 0.6 is 22.6 Å². The maximum absolute atomic E-state index is 14.3. The topological polar surface area (TPSA) is 51.1 Å². The number of methoxy groups -OCH3 is 1. The lowest BCUT2D eigenvalue weighted by atomic mass is 10.1. The van der Waals surface area contributed by atoms with Crippen molar-refractivity contribution in [3.05, 3.63) is 91.8 Å². The first-order valence-corrected chi connectivity index (χ1v) is 11.4. The first-order chi connectivity index (χ1) is 17.1. The zero-order valence-corrected chi connectivity index (χ0v) is 20.9. The molecule has 0 saturated heterocycles. The van der Waals surface area contributed by atoms with E-state index in [9.17, 15) is 26.7 Å². The molecule has 1 amide bonds. The van der Waals surface area contributed by atoms with Crippen molar-refractivity contribution in [2.45, 2.75) is 13.5 Å². The van der Waals surface area contributed by atoms with E-state index < -0.39 is 40.7 Å². The summed E-state index contributed by atoms with van der Waals surface area (Å²) in [7, 11) is 1.44. The molecule has 5 nitrogen and oxygen atoms in total. The van der Waals surface area contributed by atoms with Gasteiger partial charge in [0.15, 0.2) is 34.8 Å². The lowest BCUT2D eigenvalue weighted by Gasteiger charge is -2.16. The Morgan fingerprint density at radius 3 is 2.19 bits per heavy atom. The number of halogens is 6. The molecule has 36 heavy (non-hydrogen) atoms. The van der Waals surface area contributed by atoms with Crippen LogP contribution in [-0.4, -0.2) is 18.7 Å². The summed E-state index contributed by atoms with van der Waals surface area (Å²) in [5, 5.41) is 3.92. The fraction of sp³-hybridized carbons (Fsp3) is 0.120. The number of amides is 1. The molecular weight excluding hydrogens is 598 g/mol. The van der Waals surface area contributed by atoms with Gasteiger partial charge in [-0.3, -0.25) is 4.79 Å². The van der Waals surface area contributed by atoms with Crippen molar-refractivity contribution < 1.29 is 36.2 Å². The van der Waals surface area contributed by atoms with Gasteiger partial charge in [0.05, 0.1) is 18.4 Å². The van der Waals surface area contributed by atoms with Crippen molar-refractivity contribution >= 4 is 46.0 Å². The van der Waals surface area contributed by atoms with E-state index in [-0.39, 0.29) is 28.7 Å². The minimum atomic E-state index is -2.33. The van der Waals surface area contributed by atoms with Crippen molar-refractivity contribution in [2.24, 2.45) is 5.10 Å². The molecule has 1 heterocycles. The highest BCUT2D eigenvalue weighted by Gasteiger charge is 2.37. The van der Waals surface area contributed by atoms with Gasteiger partial charge < -0.3 is 9.47 Å². The zero-order valence-electron chi connectivity index (χ0n) is 18.7. The SMILES string of the molecule is COc1cc(I)cc(/C=C2\C(=O)N(c3c(F)c(F)c(F)c(F)c3F)N=C2C)c1OCc1ccccc1. The molecule has 1 aliphatic rings. The summed E-state index contributed by atoms with van der Waals surface area (Å²) >= 11 is 2.03. The molecule has 0 atom stereocenters. The highest BCUT2D eigenvalue weighted by molar-refractivity contribution is 14.1. The summed E-state index contributed by atoms with van der Waals surface area (Å²) in [6, 6.07) is 12.6. The molecule has 0 radical (unpaired) electrons. The van der Waals surface area contributed by atoms with Crippen LogP contribution in [0, 0.1) is 32.7 Å². The number of ether oxygens (including phenoxy) is 2. The summed E-state index contributed by atoms with van der Waals surface area (Å²) in [4.78, 5) is 13.1. The smallest absolute Gasteiger partial charge is 0.280 e. The van der Waals surface area contributed by atoms with E-state index in [1.54, 1.807) is 12.1 Å². The van der Waals surface area contributed by atoms with Crippen LogP contribution in [-0.2, 0) is 11.4 Å². The van der Waals surface area contributed by atoms with Gasteiger partial charge in [-0.05, 0) is 53.3 Å². The number of benzene rings is 3. The van der Waals surface area contributed by atoms with Gasteiger partial charge in [0, 0.05) is 9.13 Å². The molecule has 0 unspecified atom stereocenters. The molecule has 0 fully saturated rings. The maximum atomic E-state index is 14.3. The Balaban J connectivity index is 1.76. The van der Waals surface area contributed by atoms with E-state index in [0.29, 0.717) is 11.3 Å². The second-order valence-electron chi connectivity index (χ2n) is 7.58. The van der Waals surface area contributed by atoms with E-state index in [2.05, 4.69) is 5.10 Å². The Hall–Kier alpha value is -3.48. The quantitative estimate of drug-likeness (QED) is 0.107. The highest BCUT2D eigenvalue weighted by Crippen LogP contribution is 2.38. The Kier molecular flexibility index (Phi) is 7.29. The predicted octanol–water partition coefficient (Wildman–Crippen LogP) is 6.38. The van der Waals surface area contributed by atoms with Crippen LogP contribution in [0.25, 0.3) is 6.08 Å². The summed E-state index contributed by atoms with van der Waals surface area (Å²) in [5.41, 5.74) is -0.348. The fourth-order valence-electron chi connectivity index (χ4n) is 3.50. The molecule has 0 spiro atoms. The van der Waals surface area contributed by atoms with Crippen LogP contribution in [0.15, 0.2) is 53.1 Å². The molecule has 1 aliphatic heterocycles. The van der Waals surface area contributed by atoms with E-state index in [4.69, 9.17) is 9.47 Å². The highest BCUT2D eigenvalue weighted by atomic mass is 127. The molecule has 0 N–H and O–H groups in total. The minimum Gasteiger partial charge on any atom is -0.493 e. The summed E-state index contributed by atoms with van der Waals surface area (Å²) in [6.45, 7) is 1.54. The summed E-state index contributed by atoms with van der Waals surface area (Å²) < 4.78 is 81.8. The van der Waals surface area contributed by atoms with E-state index in [0.717, 1.165) is 9.13 Å². The van der Waals surface area contributed by atoms with Crippen LogP contribution < -0.4 is 14.5 Å². The third kappa shape index (κ3) is 4.66. The normalized spacial score (nSPS) is 14.4. The van der Waals surface area contributed by atoms with Crippen LogP contribution in [0.1, 0.15) is 18.1 Å². The lowest BCUT2D eigenvalue weighted by molar-refractivity contribution is -0.114. The summed E-state index contributed by atoms with van der Waals surface area (Å²) in [6.07, 6.45) is 1.36. The largest absolute Gasteiger partial charge is 0.493 e. The number of carbonyl (C=O) groups excluding carboxylic acids is 1. The molecule has 0 aliphatic carbocycles. The Morgan fingerprint density at radius 1 is 0.972 bits per heavy atom. The number of hydrazone groups is 1. The molecule has 11 heteroatoms. The average molecular weight is 614 g/mol. The second kappa shape index (κ2) is 10.2. The van der Waals surface area contributed by atoms with E-state index in [1.807, 2.05) is 52.9 Å². The van der Waals surface area contributed by atoms with Gasteiger partial charge in [0.1, 0.15) is 12.3 Å². The molecule has 3 aromatic rings. The van der Waals surface area contributed by atoms with Crippen LogP contribution in [0.2, 0.25) is 0 Å². The molecule has 4 rings (SSSR count). The monoisotopic (exact) mass is 614 g/mol. The number of anilines is 1. The van der Waals surface area contributed by atoms with Crippen LogP contribution in [0.3, 0.4) is 0 Å². The van der Waals surface area contributed by atoms with E-state index in [1.165, 1.54) is 20.1 Å². The average Bonchev–Trinajstić information content (AvgIpc) is 3.14. The summed E-state index contributed by atoms with van der Waals surface area (Å²) in [5.74, 6) is -11.5. The predicted molar refractivity (Wildman–Crippen MR) is 131 cm³/mol. The van der Waals surface area contributed by atoms with Crippen LogP contribution in [0.4, 0.5) is 27.6 Å². The Bertz CT molecular complexity index is 1400. The molecular formula is C25H16F5IN2O3. The van der Waals surface area contributed by atoms with Gasteiger partial charge >= 0.3 is 0 Å². The first kappa shape index (κ1) is 25.6. The second-order valence-corrected chi connectivity index (χ2v) is 8.83. The minimum absolute atomic E-state index is 0.00391. The van der Waals surface area contributed by atoms with Gasteiger partial charge in [-0.15, -0.1) is 0 Å². The standard InChI is InChI=1S/C25H16F5IN2O3/c1-12-16(25(34)33(32-12)23-21(29)19(27)18(26)20(28)22(23)30)9-14-8-15(31)10-17(35-2)24(14)36-11-13-6-4-3-5-7-13/h3-10H,11H2,1-2H3/b16-9-. The Labute approximate surface area is 216 Å².